The lowest BCUT2D eigenvalue weighted by atomic mass is 10.1. The number of hydrogen-bond acceptors (Lipinski definition) is 2. The molecule has 20 heavy (non-hydrogen) atoms. The summed E-state index contributed by atoms with van der Waals surface area (Å²) in [7, 11) is 0. The van der Waals surface area contributed by atoms with Crippen molar-refractivity contribution in [3.05, 3.63) is 53.2 Å². The maximum atomic E-state index is 11.9. The van der Waals surface area contributed by atoms with E-state index in [9.17, 15) is 4.79 Å². The van der Waals surface area contributed by atoms with E-state index in [2.05, 4.69) is 27.8 Å². The highest BCUT2D eigenvalue weighted by molar-refractivity contribution is 5.99. The Hall–Kier alpha value is -2.36. The van der Waals surface area contributed by atoms with Crippen LogP contribution in [-0.2, 0) is 12.8 Å². The summed E-state index contributed by atoms with van der Waals surface area (Å²) < 4.78 is 0. The first-order valence-corrected chi connectivity index (χ1v) is 6.83. The second kappa shape index (κ2) is 5.33. The first kappa shape index (κ1) is 12.7. The number of aryl methyl sites for hydroxylation is 3. The van der Waals surface area contributed by atoms with Gasteiger partial charge in [0.25, 0.3) is 0 Å². The van der Waals surface area contributed by atoms with E-state index in [0.717, 1.165) is 24.1 Å². The molecule has 0 atom stereocenters. The number of urea groups is 1. The van der Waals surface area contributed by atoms with Crippen molar-refractivity contribution in [2.45, 2.75) is 26.2 Å². The van der Waals surface area contributed by atoms with Gasteiger partial charge in [-0.15, -0.1) is 0 Å². The summed E-state index contributed by atoms with van der Waals surface area (Å²) in [6, 6.07) is 9.58. The van der Waals surface area contributed by atoms with Crippen molar-refractivity contribution in [3.8, 4) is 0 Å². The second-order valence-electron chi connectivity index (χ2n) is 5.13. The van der Waals surface area contributed by atoms with Gasteiger partial charge in [-0.1, -0.05) is 6.07 Å². The van der Waals surface area contributed by atoms with E-state index in [1.54, 1.807) is 6.20 Å². The van der Waals surface area contributed by atoms with Gasteiger partial charge in [0, 0.05) is 11.9 Å². The molecule has 2 aromatic rings. The predicted molar refractivity (Wildman–Crippen MR) is 80.1 cm³/mol. The second-order valence-corrected chi connectivity index (χ2v) is 5.13. The minimum Gasteiger partial charge on any atom is -0.308 e. The van der Waals surface area contributed by atoms with Gasteiger partial charge in [-0.05, 0) is 67.1 Å². The van der Waals surface area contributed by atoms with Gasteiger partial charge in [0.15, 0.2) is 0 Å². The molecule has 1 aliphatic carbocycles. The van der Waals surface area contributed by atoms with E-state index in [1.165, 1.54) is 17.5 Å². The molecule has 1 aromatic heterocycles. The van der Waals surface area contributed by atoms with Gasteiger partial charge in [0.1, 0.15) is 5.82 Å². The standard InChI is InChI=1S/C16H17N3O/c1-11-7-8-17-15(9-11)19-16(20)18-14-6-5-12-3-2-4-13(12)10-14/h5-10H,2-4H2,1H3,(H2,17,18,19,20). The Balaban J connectivity index is 1.67. The van der Waals surface area contributed by atoms with Crippen LogP contribution in [0.15, 0.2) is 36.5 Å². The number of benzene rings is 1. The molecule has 0 spiro atoms. The molecule has 0 saturated carbocycles. The quantitative estimate of drug-likeness (QED) is 0.874. The molecule has 2 amide bonds. The number of nitrogens with one attached hydrogen (secondary N) is 2. The van der Waals surface area contributed by atoms with E-state index in [0.29, 0.717) is 5.82 Å². The van der Waals surface area contributed by atoms with Crippen LogP contribution in [0.1, 0.15) is 23.1 Å². The van der Waals surface area contributed by atoms with Crippen LogP contribution < -0.4 is 10.6 Å². The average Bonchev–Trinajstić information content (AvgIpc) is 2.86. The highest BCUT2D eigenvalue weighted by Crippen LogP contribution is 2.24. The maximum Gasteiger partial charge on any atom is 0.324 e. The van der Waals surface area contributed by atoms with Crippen LogP contribution in [0, 0.1) is 6.92 Å². The highest BCUT2D eigenvalue weighted by atomic mass is 16.2. The topological polar surface area (TPSA) is 54.0 Å². The van der Waals surface area contributed by atoms with Crippen molar-refractivity contribution < 1.29 is 4.79 Å². The molecule has 0 saturated heterocycles. The zero-order chi connectivity index (χ0) is 13.9. The number of fused-ring (bicyclic) bond motifs is 1. The Morgan fingerprint density at radius 3 is 2.80 bits per heavy atom. The van der Waals surface area contributed by atoms with Crippen molar-refractivity contribution in [2.24, 2.45) is 0 Å². The number of carbonyl (C=O) groups excluding carboxylic acids is 1. The predicted octanol–water partition coefficient (Wildman–Crippen LogP) is 3.52. The molecule has 0 unspecified atom stereocenters. The van der Waals surface area contributed by atoms with Crippen LogP contribution >= 0.6 is 0 Å². The van der Waals surface area contributed by atoms with Gasteiger partial charge in [0.05, 0.1) is 0 Å². The van der Waals surface area contributed by atoms with Crippen LogP contribution in [0.5, 0.6) is 0 Å². The normalized spacial score (nSPS) is 12.8. The number of pyridine rings is 1. The van der Waals surface area contributed by atoms with E-state index >= 15 is 0 Å². The molecule has 4 nitrogen and oxygen atoms in total. The Morgan fingerprint density at radius 2 is 1.95 bits per heavy atom. The van der Waals surface area contributed by atoms with Crippen LogP contribution in [0.3, 0.4) is 0 Å². The van der Waals surface area contributed by atoms with Crippen molar-refractivity contribution in [1.82, 2.24) is 4.98 Å². The third-order valence-electron chi connectivity index (χ3n) is 3.51. The summed E-state index contributed by atoms with van der Waals surface area (Å²) in [5, 5.41) is 5.59. The summed E-state index contributed by atoms with van der Waals surface area (Å²) in [5.74, 6) is 0.559. The Morgan fingerprint density at radius 1 is 1.10 bits per heavy atom. The number of aromatic nitrogens is 1. The summed E-state index contributed by atoms with van der Waals surface area (Å²) in [6.45, 7) is 1.96. The summed E-state index contributed by atoms with van der Waals surface area (Å²) in [6.07, 6.45) is 5.14. The van der Waals surface area contributed by atoms with Crippen LogP contribution in [0.2, 0.25) is 0 Å². The minimum atomic E-state index is -0.263. The van der Waals surface area contributed by atoms with Crippen molar-refractivity contribution in [3.63, 3.8) is 0 Å². The van der Waals surface area contributed by atoms with E-state index in [1.807, 2.05) is 25.1 Å². The fourth-order valence-corrected chi connectivity index (χ4v) is 2.53. The van der Waals surface area contributed by atoms with Crippen molar-refractivity contribution in [2.75, 3.05) is 10.6 Å². The van der Waals surface area contributed by atoms with E-state index in [4.69, 9.17) is 0 Å². The fourth-order valence-electron chi connectivity index (χ4n) is 2.53. The lowest BCUT2D eigenvalue weighted by Crippen LogP contribution is -2.20. The van der Waals surface area contributed by atoms with Crippen LogP contribution in [0.4, 0.5) is 16.3 Å². The van der Waals surface area contributed by atoms with Gasteiger partial charge in [-0.3, -0.25) is 5.32 Å². The van der Waals surface area contributed by atoms with Gasteiger partial charge in [-0.2, -0.15) is 0 Å². The number of hydrogen-bond donors (Lipinski definition) is 2. The van der Waals surface area contributed by atoms with Gasteiger partial charge < -0.3 is 5.32 Å². The lowest BCUT2D eigenvalue weighted by molar-refractivity contribution is 0.262. The summed E-state index contributed by atoms with van der Waals surface area (Å²) in [4.78, 5) is 16.0. The van der Waals surface area contributed by atoms with Crippen LogP contribution in [-0.4, -0.2) is 11.0 Å². The summed E-state index contributed by atoms with van der Waals surface area (Å²) >= 11 is 0. The Labute approximate surface area is 118 Å². The first-order valence-electron chi connectivity index (χ1n) is 6.83. The van der Waals surface area contributed by atoms with Crippen molar-refractivity contribution >= 4 is 17.5 Å². The molecule has 1 aliphatic rings. The smallest absolute Gasteiger partial charge is 0.308 e. The first-order chi connectivity index (χ1) is 9.70. The number of nitrogens with zero attached hydrogens (tertiary/aromatic N) is 1. The molecule has 102 valence electrons. The number of rotatable bonds is 2. The minimum absolute atomic E-state index is 0.263. The number of anilines is 2. The van der Waals surface area contributed by atoms with E-state index < -0.39 is 0 Å². The molecule has 1 aromatic carbocycles. The largest absolute Gasteiger partial charge is 0.324 e. The average molecular weight is 267 g/mol. The fraction of sp³-hybridized carbons (Fsp3) is 0.250. The SMILES string of the molecule is Cc1ccnc(NC(=O)Nc2ccc3c(c2)CCC3)c1. The number of amides is 2. The summed E-state index contributed by atoms with van der Waals surface area (Å²) in [5.41, 5.74) is 4.64. The molecule has 1 heterocycles. The van der Waals surface area contributed by atoms with Gasteiger partial charge in [0.2, 0.25) is 0 Å². The maximum absolute atomic E-state index is 11.9. The molecule has 2 N–H and O–H groups in total. The zero-order valence-electron chi connectivity index (χ0n) is 11.4. The molecule has 4 heteroatoms. The molecule has 0 aliphatic heterocycles. The van der Waals surface area contributed by atoms with E-state index in [-0.39, 0.29) is 6.03 Å². The van der Waals surface area contributed by atoms with Crippen molar-refractivity contribution in [1.29, 1.82) is 0 Å². The van der Waals surface area contributed by atoms with Crippen LogP contribution in [0.25, 0.3) is 0 Å². The Kier molecular flexibility index (Phi) is 3.37. The Bertz CT molecular complexity index is 652. The molecule has 0 bridgehead atoms. The zero-order valence-corrected chi connectivity index (χ0v) is 11.4. The molecular formula is C16H17N3O. The number of carbonyl (C=O) groups is 1. The van der Waals surface area contributed by atoms with Gasteiger partial charge >= 0.3 is 6.03 Å². The third kappa shape index (κ3) is 2.79. The highest BCUT2D eigenvalue weighted by Gasteiger charge is 2.11. The molecule has 3 rings (SSSR count). The van der Waals surface area contributed by atoms with Gasteiger partial charge in [-0.25, -0.2) is 9.78 Å². The molecule has 0 radical (unpaired) electrons. The molecule has 0 fully saturated rings. The lowest BCUT2D eigenvalue weighted by Gasteiger charge is -2.09. The monoisotopic (exact) mass is 267 g/mol. The molecular weight excluding hydrogens is 250 g/mol. The third-order valence-corrected chi connectivity index (χ3v) is 3.51.